The van der Waals surface area contributed by atoms with E-state index in [4.69, 9.17) is 10.2 Å². The Balaban J connectivity index is 4.76. The van der Waals surface area contributed by atoms with Crippen molar-refractivity contribution < 1.29 is 19.8 Å². The van der Waals surface area contributed by atoms with E-state index in [0.29, 0.717) is 0 Å². The maximum atomic E-state index is 11.9. The van der Waals surface area contributed by atoms with E-state index in [1.165, 1.54) is 16.8 Å². The number of nitrogens with zero attached hydrogens (tertiary/aromatic N) is 2. The Morgan fingerprint density at radius 1 is 1.25 bits per heavy atom. The van der Waals surface area contributed by atoms with Crippen LogP contribution in [-0.4, -0.2) is 64.3 Å². The lowest BCUT2D eigenvalue weighted by molar-refractivity contribution is -0.138. The van der Waals surface area contributed by atoms with Gasteiger partial charge in [0.25, 0.3) is 0 Å². The van der Waals surface area contributed by atoms with Crippen molar-refractivity contribution in [1.29, 1.82) is 0 Å². The predicted octanol–water partition coefficient (Wildman–Crippen LogP) is 0.216. The normalized spacial score (nSPS) is 11.1. The van der Waals surface area contributed by atoms with Gasteiger partial charge in [0.05, 0.1) is 6.61 Å². The summed E-state index contributed by atoms with van der Waals surface area (Å²) in [5.41, 5.74) is -0.570. The van der Waals surface area contributed by atoms with Crippen molar-refractivity contribution >= 4 is 12.0 Å². The fourth-order valence-corrected chi connectivity index (χ4v) is 1.18. The fraction of sp³-hybridized carbons (Fsp3) is 0.800. The molecule has 2 N–H and O–H groups in total. The first-order valence-electron chi connectivity index (χ1n) is 5.05. The minimum Gasteiger partial charge on any atom is -0.480 e. The maximum absolute atomic E-state index is 11.9. The Morgan fingerprint density at radius 2 is 1.75 bits per heavy atom. The van der Waals surface area contributed by atoms with Crippen LogP contribution in [-0.2, 0) is 4.79 Å². The maximum Gasteiger partial charge on any atom is 0.323 e. The van der Waals surface area contributed by atoms with Crippen molar-refractivity contribution in [2.45, 2.75) is 26.3 Å². The van der Waals surface area contributed by atoms with Gasteiger partial charge in [0.1, 0.15) is 6.54 Å². The van der Waals surface area contributed by atoms with Gasteiger partial charge in [-0.15, -0.1) is 0 Å². The van der Waals surface area contributed by atoms with Gasteiger partial charge in [0, 0.05) is 19.1 Å². The van der Waals surface area contributed by atoms with E-state index >= 15 is 0 Å². The molecule has 0 atom stereocenters. The molecule has 0 aliphatic carbocycles. The molecule has 0 saturated heterocycles. The second kappa shape index (κ2) is 5.69. The molecular formula is C10H20N2O4. The van der Waals surface area contributed by atoms with Gasteiger partial charge in [-0.2, -0.15) is 0 Å². The van der Waals surface area contributed by atoms with Crippen LogP contribution in [0.5, 0.6) is 0 Å². The second-order valence-electron chi connectivity index (χ2n) is 4.58. The molecule has 2 amide bonds. The fourth-order valence-electron chi connectivity index (χ4n) is 1.18. The smallest absolute Gasteiger partial charge is 0.323 e. The molecule has 16 heavy (non-hydrogen) atoms. The molecule has 6 heteroatoms. The van der Waals surface area contributed by atoms with Crippen molar-refractivity contribution in [1.82, 2.24) is 9.80 Å². The monoisotopic (exact) mass is 232 g/mol. The first kappa shape index (κ1) is 14.7. The molecule has 0 bridgehead atoms. The quantitative estimate of drug-likeness (QED) is 0.726. The number of urea groups is 1. The zero-order valence-electron chi connectivity index (χ0n) is 10.2. The minimum atomic E-state index is -1.05. The summed E-state index contributed by atoms with van der Waals surface area (Å²) in [6.45, 7) is 4.98. The van der Waals surface area contributed by atoms with Crippen LogP contribution in [0.2, 0.25) is 0 Å². The molecule has 0 aromatic rings. The number of carbonyl (C=O) groups excluding carboxylic acids is 1. The lowest BCUT2D eigenvalue weighted by Gasteiger charge is -2.37. The molecular weight excluding hydrogens is 212 g/mol. The van der Waals surface area contributed by atoms with Gasteiger partial charge in [-0.1, -0.05) is 0 Å². The van der Waals surface area contributed by atoms with E-state index in [0.717, 1.165) is 0 Å². The highest BCUT2D eigenvalue weighted by Crippen LogP contribution is 2.14. The van der Waals surface area contributed by atoms with Crippen molar-refractivity contribution in [3.8, 4) is 0 Å². The van der Waals surface area contributed by atoms with Gasteiger partial charge < -0.3 is 20.0 Å². The third kappa shape index (κ3) is 4.48. The van der Waals surface area contributed by atoms with Crippen LogP contribution < -0.4 is 0 Å². The summed E-state index contributed by atoms with van der Waals surface area (Å²) in [7, 11) is 1.53. The third-order valence-corrected chi connectivity index (χ3v) is 2.10. The highest BCUT2D eigenvalue weighted by molar-refractivity contribution is 5.80. The van der Waals surface area contributed by atoms with Crippen LogP contribution in [0.15, 0.2) is 0 Å². The molecule has 0 unspecified atom stereocenters. The molecule has 0 rings (SSSR count). The largest absolute Gasteiger partial charge is 0.480 e. The number of hydrogen-bond donors (Lipinski definition) is 2. The average Bonchev–Trinajstić information content (AvgIpc) is 2.11. The topological polar surface area (TPSA) is 81.1 Å². The van der Waals surface area contributed by atoms with Gasteiger partial charge >= 0.3 is 12.0 Å². The summed E-state index contributed by atoms with van der Waals surface area (Å²) < 4.78 is 0. The highest BCUT2D eigenvalue weighted by Gasteiger charge is 2.30. The summed E-state index contributed by atoms with van der Waals surface area (Å²) in [5, 5.41) is 17.5. The van der Waals surface area contributed by atoms with Crippen LogP contribution in [0.25, 0.3) is 0 Å². The van der Waals surface area contributed by atoms with E-state index in [1.807, 2.05) is 0 Å². The van der Waals surface area contributed by atoms with Crippen LogP contribution in [0.4, 0.5) is 4.79 Å². The van der Waals surface area contributed by atoms with Crippen LogP contribution in [0.1, 0.15) is 20.8 Å². The van der Waals surface area contributed by atoms with Gasteiger partial charge in [-0.3, -0.25) is 4.79 Å². The Morgan fingerprint density at radius 3 is 2.06 bits per heavy atom. The molecule has 0 heterocycles. The highest BCUT2D eigenvalue weighted by atomic mass is 16.4. The molecule has 0 spiro atoms. The molecule has 0 aliphatic heterocycles. The van der Waals surface area contributed by atoms with E-state index in [-0.39, 0.29) is 19.7 Å². The van der Waals surface area contributed by atoms with Gasteiger partial charge in [0.2, 0.25) is 0 Å². The van der Waals surface area contributed by atoms with E-state index in [9.17, 15) is 9.59 Å². The third-order valence-electron chi connectivity index (χ3n) is 2.10. The van der Waals surface area contributed by atoms with E-state index in [1.54, 1.807) is 20.8 Å². The molecule has 0 aliphatic rings. The Hall–Kier alpha value is -1.30. The van der Waals surface area contributed by atoms with Gasteiger partial charge in [0.15, 0.2) is 0 Å². The number of carbonyl (C=O) groups is 2. The number of likely N-dealkylation sites (N-methyl/N-ethyl adjacent to an activating group) is 1. The molecule has 0 fully saturated rings. The second-order valence-corrected chi connectivity index (χ2v) is 4.58. The first-order valence-corrected chi connectivity index (χ1v) is 5.05. The molecule has 6 nitrogen and oxygen atoms in total. The SMILES string of the molecule is CN(CCO)C(=O)N(CC(=O)O)C(C)(C)C. The van der Waals surface area contributed by atoms with Crippen molar-refractivity contribution in [3.05, 3.63) is 0 Å². The van der Waals surface area contributed by atoms with Crippen LogP contribution >= 0.6 is 0 Å². The van der Waals surface area contributed by atoms with Crippen molar-refractivity contribution in [2.24, 2.45) is 0 Å². The summed E-state index contributed by atoms with van der Waals surface area (Å²) in [5.74, 6) is -1.05. The van der Waals surface area contributed by atoms with Crippen LogP contribution in [0, 0.1) is 0 Å². The summed E-state index contributed by atoms with van der Waals surface area (Å²) in [6, 6.07) is -0.399. The van der Waals surface area contributed by atoms with Crippen molar-refractivity contribution in [2.75, 3.05) is 26.7 Å². The number of carboxylic acids is 1. The van der Waals surface area contributed by atoms with Crippen molar-refractivity contribution in [3.63, 3.8) is 0 Å². The zero-order chi connectivity index (χ0) is 12.9. The summed E-state index contributed by atoms with van der Waals surface area (Å²) in [4.78, 5) is 25.1. The molecule has 0 aromatic carbocycles. The molecule has 0 radical (unpaired) electrons. The number of aliphatic hydroxyl groups excluding tert-OH is 1. The van der Waals surface area contributed by atoms with Gasteiger partial charge in [-0.05, 0) is 20.8 Å². The standard InChI is InChI=1S/C10H20N2O4/c1-10(2,3)12(7-8(14)15)9(16)11(4)5-6-13/h13H,5-7H2,1-4H3,(H,14,15). The Bertz CT molecular complexity index is 260. The van der Waals surface area contributed by atoms with E-state index in [2.05, 4.69) is 0 Å². The summed E-state index contributed by atoms with van der Waals surface area (Å²) >= 11 is 0. The molecule has 0 saturated carbocycles. The average molecular weight is 232 g/mol. The number of aliphatic hydroxyl groups is 1. The van der Waals surface area contributed by atoms with E-state index < -0.39 is 17.5 Å². The Kier molecular flexibility index (Phi) is 5.23. The van der Waals surface area contributed by atoms with Gasteiger partial charge in [-0.25, -0.2) is 4.79 Å². The minimum absolute atomic E-state index is 0.146. The Labute approximate surface area is 95.5 Å². The van der Waals surface area contributed by atoms with Crippen LogP contribution in [0.3, 0.4) is 0 Å². The summed E-state index contributed by atoms with van der Waals surface area (Å²) in [6.07, 6.45) is 0. The number of rotatable bonds is 4. The number of hydrogen-bond acceptors (Lipinski definition) is 3. The molecule has 0 aromatic heterocycles. The zero-order valence-corrected chi connectivity index (χ0v) is 10.2. The predicted molar refractivity (Wildman–Crippen MR) is 59.2 cm³/mol. The number of carboxylic acid groups (broad SMARTS) is 1. The first-order chi connectivity index (χ1) is 7.20. The lowest BCUT2D eigenvalue weighted by Crippen LogP contribution is -2.53. The number of amides is 2. The molecule has 94 valence electrons. The lowest BCUT2D eigenvalue weighted by atomic mass is 10.1. The number of aliphatic carboxylic acids is 1.